The molecule has 0 aromatic rings. The molecule has 0 radical (unpaired) electrons. The molecule has 0 amide bonds. The number of hydrogen-bond acceptors (Lipinski definition) is 2. The summed E-state index contributed by atoms with van der Waals surface area (Å²) in [5.74, 6) is 0. The summed E-state index contributed by atoms with van der Waals surface area (Å²) in [6.07, 6.45) is -2.24. The Morgan fingerprint density at radius 2 is 1.79 bits per heavy atom. The molecule has 0 spiro atoms. The van der Waals surface area contributed by atoms with Crippen molar-refractivity contribution in [1.29, 1.82) is 0 Å². The normalized spacial score (nSPS) is 22.3. The molecule has 0 bridgehead atoms. The molecule has 0 heterocycles. The molecule has 0 aliphatic heterocycles. The number of halogens is 3. The first kappa shape index (κ1) is 11.8. The van der Waals surface area contributed by atoms with Gasteiger partial charge < -0.3 is 9.84 Å². The van der Waals surface area contributed by atoms with Crippen molar-refractivity contribution in [3.05, 3.63) is 0 Å². The fourth-order valence-corrected chi connectivity index (χ4v) is 1.55. The lowest BCUT2D eigenvalue weighted by Crippen LogP contribution is -2.35. The summed E-state index contributed by atoms with van der Waals surface area (Å²) in [6.45, 7) is -0.631. The van der Waals surface area contributed by atoms with E-state index in [1.165, 1.54) is 0 Å². The molecule has 5 heteroatoms. The van der Waals surface area contributed by atoms with Gasteiger partial charge in [-0.2, -0.15) is 13.2 Å². The van der Waals surface area contributed by atoms with Crippen molar-refractivity contribution in [3.63, 3.8) is 0 Å². The van der Waals surface area contributed by atoms with Crippen LogP contribution in [-0.4, -0.2) is 30.1 Å². The summed E-state index contributed by atoms with van der Waals surface area (Å²) in [5.41, 5.74) is 0. The van der Waals surface area contributed by atoms with Gasteiger partial charge in [0.05, 0.1) is 12.7 Å². The monoisotopic (exact) mass is 212 g/mol. The minimum atomic E-state index is -4.56. The van der Waals surface area contributed by atoms with Gasteiger partial charge in [-0.15, -0.1) is 0 Å². The smallest absolute Gasteiger partial charge is 0.382 e. The highest BCUT2D eigenvalue weighted by Crippen LogP contribution is 2.23. The molecule has 1 rings (SSSR count). The zero-order valence-electron chi connectivity index (χ0n) is 7.89. The van der Waals surface area contributed by atoms with Crippen LogP contribution < -0.4 is 0 Å². The van der Waals surface area contributed by atoms with Gasteiger partial charge >= 0.3 is 6.18 Å². The maximum atomic E-state index is 11.9. The molecule has 1 fully saturated rings. The maximum Gasteiger partial charge on any atom is 0.416 e. The second-order valence-corrected chi connectivity index (χ2v) is 3.65. The molecular formula is C9H15F3O2. The van der Waals surface area contributed by atoms with E-state index in [0.29, 0.717) is 0 Å². The van der Waals surface area contributed by atoms with E-state index < -0.39 is 18.9 Å². The van der Waals surface area contributed by atoms with E-state index in [9.17, 15) is 13.2 Å². The highest BCUT2D eigenvalue weighted by molar-refractivity contribution is 4.68. The van der Waals surface area contributed by atoms with Crippen molar-refractivity contribution in [3.8, 4) is 0 Å². The van der Waals surface area contributed by atoms with E-state index in [-0.39, 0.29) is 6.10 Å². The first-order valence-corrected chi connectivity index (χ1v) is 4.86. The highest BCUT2D eigenvalue weighted by atomic mass is 19.4. The largest absolute Gasteiger partial charge is 0.416 e. The van der Waals surface area contributed by atoms with E-state index >= 15 is 0 Å². The summed E-state index contributed by atoms with van der Waals surface area (Å²) < 4.78 is 40.6. The topological polar surface area (TPSA) is 29.5 Å². The molecule has 14 heavy (non-hydrogen) atoms. The molecule has 1 N–H and O–H groups in total. The van der Waals surface area contributed by atoms with Crippen LogP contribution in [0.4, 0.5) is 13.2 Å². The maximum absolute atomic E-state index is 11.9. The van der Waals surface area contributed by atoms with Crippen LogP contribution in [0.15, 0.2) is 0 Å². The van der Waals surface area contributed by atoms with Crippen molar-refractivity contribution in [2.45, 2.75) is 50.5 Å². The Morgan fingerprint density at radius 1 is 1.21 bits per heavy atom. The van der Waals surface area contributed by atoms with E-state index in [1.807, 2.05) is 0 Å². The summed E-state index contributed by atoms with van der Waals surface area (Å²) in [5, 5.41) is 8.67. The van der Waals surface area contributed by atoms with Crippen LogP contribution in [-0.2, 0) is 4.74 Å². The van der Waals surface area contributed by atoms with E-state index in [2.05, 4.69) is 0 Å². The average molecular weight is 212 g/mol. The predicted octanol–water partition coefficient (Wildman–Crippen LogP) is 2.26. The summed E-state index contributed by atoms with van der Waals surface area (Å²) in [4.78, 5) is 0. The van der Waals surface area contributed by atoms with Crippen molar-refractivity contribution in [2.75, 3.05) is 6.61 Å². The minimum Gasteiger partial charge on any atom is -0.382 e. The van der Waals surface area contributed by atoms with Crippen LogP contribution in [0.5, 0.6) is 0 Å². The molecule has 0 aromatic carbocycles. The van der Waals surface area contributed by atoms with Crippen LogP contribution in [0.2, 0.25) is 0 Å². The zero-order chi connectivity index (χ0) is 10.6. The summed E-state index contributed by atoms with van der Waals surface area (Å²) >= 11 is 0. The van der Waals surface area contributed by atoms with Gasteiger partial charge in [0, 0.05) is 0 Å². The molecule has 0 saturated heterocycles. The second-order valence-electron chi connectivity index (χ2n) is 3.65. The van der Waals surface area contributed by atoms with Crippen molar-refractivity contribution in [1.82, 2.24) is 0 Å². The molecule has 1 saturated carbocycles. The fourth-order valence-electron chi connectivity index (χ4n) is 1.55. The Hall–Kier alpha value is -0.290. The van der Waals surface area contributed by atoms with Crippen molar-refractivity contribution < 1.29 is 23.0 Å². The number of ether oxygens (including phenoxy) is 1. The van der Waals surface area contributed by atoms with Gasteiger partial charge in [-0.25, -0.2) is 0 Å². The number of hydrogen-bond donors (Lipinski definition) is 1. The average Bonchev–Trinajstić information content (AvgIpc) is 2.14. The zero-order valence-corrected chi connectivity index (χ0v) is 7.89. The van der Waals surface area contributed by atoms with Gasteiger partial charge in [-0.05, 0) is 12.8 Å². The van der Waals surface area contributed by atoms with Crippen LogP contribution >= 0.6 is 0 Å². The van der Waals surface area contributed by atoms with E-state index in [0.717, 1.165) is 32.1 Å². The van der Waals surface area contributed by atoms with E-state index in [1.54, 1.807) is 0 Å². The van der Waals surface area contributed by atoms with Gasteiger partial charge in [0.1, 0.15) is 0 Å². The van der Waals surface area contributed by atoms with Crippen LogP contribution in [0, 0.1) is 0 Å². The third-order valence-electron chi connectivity index (χ3n) is 2.42. The Kier molecular flexibility index (Phi) is 4.19. The fraction of sp³-hybridized carbons (Fsp3) is 1.00. The molecule has 2 nitrogen and oxygen atoms in total. The van der Waals surface area contributed by atoms with Crippen LogP contribution in [0.1, 0.15) is 32.1 Å². The number of rotatable bonds is 3. The molecule has 84 valence electrons. The molecule has 1 unspecified atom stereocenters. The third-order valence-corrected chi connectivity index (χ3v) is 2.42. The molecule has 1 aliphatic carbocycles. The standard InChI is InChI=1S/C9H15F3O2/c10-9(11,12)8(13)6-14-7-4-2-1-3-5-7/h7-8,13H,1-6H2. The predicted molar refractivity (Wildman–Crippen MR) is 44.9 cm³/mol. The Morgan fingerprint density at radius 3 is 2.29 bits per heavy atom. The van der Waals surface area contributed by atoms with Crippen molar-refractivity contribution >= 4 is 0 Å². The SMILES string of the molecule is OC(COC1CCCCC1)C(F)(F)F. The lowest BCUT2D eigenvalue weighted by atomic mass is 9.98. The highest BCUT2D eigenvalue weighted by Gasteiger charge is 2.38. The third kappa shape index (κ3) is 3.84. The van der Waals surface area contributed by atoms with Gasteiger partial charge in [0.15, 0.2) is 6.10 Å². The summed E-state index contributed by atoms with van der Waals surface area (Å²) in [7, 11) is 0. The number of aliphatic hydroxyl groups is 1. The number of alkyl halides is 3. The van der Waals surface area contributed by atoms with Gasteiger partial charge in [-0.3, -0.25) is 0 Å². The summed E-state index contributed by atoms with van der Waals surface area (Å²) in [6, 6.07) is 0. The lowest BCUT2D eigenvalue weighted by molar-refractivity contribution is -0.221. The van der Waals surface area contributed by atoms with Crippen LogP contribution in [0.3, 0.4) is 0 Å². The quantitative estimate of drug-likeness (QED) is 0.777. The molecule has 1 atom stereocenters. The van der Waals surface area contributed by atoms with Crippen LogP contribution in [0.25, 0.3) is 0 Å². The van der Waals surface area contributed by atoms with Crippen molar-refractivity contribution in [2.24, 2.45) is 0 Å². The van der Waals surface area contributed by atoms with E-state index in [4.69, 9.17) is 9.84 Å². The molecule has 1 aliphatic rings. The van der Waals surface area contributed by atoms with Gasteiger partial charge in [0.25, 0.3) is 0 Å². The second kappa shape index (κ2) is 4.98. The molecule has 0 aromatic heterocycles. The Labute approximate surface area is 81.1 Å². The Balaban J connectivity index is 2.19. The first-order valence-electron chi connectivity index (χ1n) is 4.86. The number of aliphatic hydroxyl groups excluding tert-OH is 1. The minimum absolute atomic E-state index is 0.0965. The van der Waals surface area contributed by atoms with Gasteiger partial charge in [-0.1, -0.05) is 19.3 Å². The molecular weight excluding hydrogens is 197 g/mol. The first-order chi connectivity index (χ1) is 6.50. The lowest BCUT2D eigenvalue weighted by Gasteiger charge is -2.24. The Bertz CT molecular complexity index is 164. The van der Waals surface area contributed by atoms with Gasteiger partial charge in [0.2, 0.25) is 0 Å².